The molecule has 0 N–H and O–H groups in total. The normalized spacial score (nSPS) is 13.1. The number of fused-ring (bicyclic) bond motifs is 2. The van der Waals surface area contributed by atoms with Crippen molar-refractivity contribution in [2.75, 3.05) is 4.90 Å². The molecular weight excluding hydrogens is 675 g/mol. The third-order valence-corrected chi connectivity index (χ3v) is 12.7. The Balaban J connectivity index is 1.32. The largest absolute Gasteiger partial charge is 0.310 e. The van der Waals surface area contributed by atoms with Gasteiger partial charge in [-0.1, -0.05) is 104 Å². The highest BCUT2D eigenvalue weighted by molar-refractivity contribution is 6.30. The molecule has 0 aliphatic heterocycles. The first-order valence-electron chi connectivity index (χ1n) is 20.0. The van der Waals surface area contributed by atoms with Gasteiger partial charge in [-0.2, -0.15) is 0 Å². The fraction of sp³-hybridized carbons (Fsp3) is 0.164. The molecule has 0 saturated carbocycles. The van der Waals surface area contributed by atoms with Crippen LogP contribution in [-0.4, -0.2) is 0 Å². The van der Waals surface area contributed by atoms with Crippen LogP contribution in [0.1, 0.15) is 58.4 Å². The van der Waals surface area contributed by atoms with E-state index in [0.717, 1.165) is 17.1 Å². The monoisotopic (exact) mass is 721 g/mol. The van der Waals surface area contributed by atoms with Crippen molar-refractivity contribution in [3.05, 3.63) is 184 Å². The lowest BCUT2D eigenvalue weighted by atomic mass is 9.66. The van der Waals surface area contributed by atoms with Crippen molar-refractivity contribution in [1.82, 2.24) is 0 Å². The summed E-state index contributed by atoms with van der Waals surface area (Å²) in [7, 11) is 0. The van der Waals surface area contributed by atoms with Crippen molar-refractivity contribution in [1.29, 1.82) is 0 Å². The molecule has 1 aliphatic carbocycles. The molecule has 0 atom stereocenters. The molecule has 0 aromatic heterocycles. The summed E-state index contributed by atoms with van der Waals surface area (Å²) in [5.74, 6) is 0. The second kappa shape index (κ2) is 12.4. The molecule has 56 heavy (non-hydrogen) atoms. The van der Waals surface area contributed by atoms with Crippen LogP contribution in [0, 0.1) is 41.5 Å². The van der Waals surface area contributed by atoms with Gasteiger partial charge >= 0.3 is 0 Å². The fourth-order valence-electron chi connectivity index (χ4n) is 10.5. The Morgan fingerprint density at radius 1 is 0.393 bits per heavy atom. The van der Waals surface area contributed by atoms with Gasteiger partial charge in [-0.05, 0) is 201 Å². The maximum atomic E-state index is 2.54. The topological polar surface area (TPSA) is 3.24 Å². The molecule has 0 saturated heterocycles. The Morgan fingerprint density at radius 2 is 0.964 bits per heavy atom. The zero-order chi connectivity index (χ0) is 38.6. The van der Waals surface area contributed by atoms with Gasteiger partial charge in [0.2, 0.25) is 0 Å². The van der Waals surface area contributed by atoms with Crippen molar-refractivity contribution in [3.8, 4) is 33.4 Å². The first-order valence-corrected chi connectivity index (χ1v) is 20.0. The van der Waals surface area contributed by atoms with Crippen LogP contribution in [0.25, 0.3) is 65.7 Å². The molecule has 0 fully saturated rings. The Morgan fingerprint density at radius 3 is 1.57 bits per heavy atom. The SMILES string of the molecule is Cc1cc(C)c(-c2cc3ccc4c(-c5c(C)cc(C)cc5C)cc5c6c(cc(c2)c3c46)C(C)(C)c2cc(N(c3ccccc3)c3ccccc3)ccc2-5)c(C)c1. The van der Waals surface area contributed by atoms with Crippen LogP contribution in [0.4, 0.5) is 17.1 Å². The van der Waals surface area contributed by atoms with Crippen LogP contribution >= 0.6 is 0 Å². The molecule has 1 heteroatoms. The van der Waals surface area contributed by atoms with Crippen LogP contribution in [0.3, 0.4) is 0 Å². The molecule has 272 valence electrons. The molecule has 10 rings (SSSR count). The Kier molecular flexibility index (Phi) is 7.61. The average molecular weight is 722 g/mol. The van der Waals surface area contributed by atoms with E-state index in [1.165, 1.54) is 110 Å². The number of hydrogen-bond acceptors (Lipinski definition) is 1. The highest BCUT2D eigenvalue weighted by Gasteiger charge is 2.36. The number of para-hydroxylation sites is 2. The second-order valence-electron chi connectivity index (χ2n) is 17.0. The minimum absolute atomic E-state index is 0.271. The molecule has 0 bridgehead atoms. The zero-order valence-electron chi connectivity index (χ0n) is 33.7. The molecule has 1 aliphatic rings. The number of nitrogens with zero attached hydrogens (tertiary/aromatic N) is 1. The van der Waals surface area contributed by atoms with E-state index in [-0.39, 0.29) is 5.41 Å². The summed E-state index contributed by atoms with van der Waals surface area (Å²) in [5.41, 5.74) is 21.8. The minimum atomic E-state index is -0.271. The Labute approximate surface area is 331 Å². The van der Waals surface area contributed by atoms with Gasteiger partial charge in [0.25, 0.3) is 0 Å². The zero-order valence-corrected chi connectivity index (χ0v) is 33.7. The fourth-order valence-corrected chi connectivity index (χ4v) is 10.5. The number of aryl methyl sites for hydroxylation is 6. The first kappa shape index (κ1) is 34.3. The lowest BCUT2D eigenvalue weighted by Crippen LogP contribution is -2.24. The summed E-state index contributed by atoms with van der Waals surface area (Å²) in [6, 6.07) is 52.9. The van der Waals surface area contributed by atoms with Gasteiger partial charge < -0.3 is 4.90 Å². The molecule has 0 heterocycles. The standard InChI is InChI=1S/C55H47N/c1-32-23-34(3)50(35(4)24-32)39-27-38-19-21-45-47(51-36(5)25-33(2)26-37(51)6)31-46-44-22-20-43(56(41-15-11-9-12-16-41)42-17-13-10-14-18-42)30-48(44)55(7,8)49-29-40(28-39)52(38)54(45)53(46)49/h9-31H,1-8H3. The quantitative estimate of drug-likeness (QED) is 0.160. The Bertz CT molecular complexity index is 2950. The molecule has 9 aromatic carbocycles. The van der Waals surface area contributed by atoms with Crippen molar-refractivity contribution < 1.29 is 0 Å². The van der Waals surface area contributed by atoms with Crippen LogP contribution in [0.5, 0.6) is 0 Å². The van der Waals surface area contributed by atoms with Crippen molar-refractivity contribution in [2.24, 2.45) is 0 Å². The van der Waals surface area contributed by atoms with Crippen molar-refractivity contribution in [3.63, 3.8) is 0 Å². The molecule has 0 amide bonds. The minimum Gasteiger partial charge on any atom is -0.310 e. The molecule has 9 aromatic rings. The van der Waals surface area contributed by atoms with E-state index >= 15 is 0 Å². The van der Waals surface area contributed by atoms with E-state index < -0.39 is 0 Å². The average Bonchev–Trinajstić information content (AvgIpc) is 3.16. The van der Waals surface area contributed by atoms with Gasteiger partial charge in [0.1, 0.15) is 0 Å². The molecule has 0 radical (unpaired) electrons. The van der Waals surface area contributed by atoms with E-state index in [0.29, 0.717) is 0 Å². The summed E-state index contributed by atoms with van der Waals surface area (Å²) in [6.07, 6.45) is 0. The van der Waals surface area contributed by atoms with Gasteiger partial charge in [0.15, 0.2) is 0 Å². The number of benzene rings is 9. The third kappa shape index (κ3) is 5.07. The maximum absolute atomic E-state index is 2.54. The van der Waals surface area contributed by atoms with Gasteiger partial charge in [-0.3, -0.25) is 0 Å². The van der Waals surface area contributed by atoms with Gasteiger partial charge in [-0.25, -0.2) is 0 Å². The van der Waals surface area contributed by atoms with Crippen LogP contribution in [-0.2, 0) is 5.41 Å². The van der Waals surface area contributed by atoms with Gasteiger partial charge in [0, 0.05) is 22.5 Å². The van der Waals surface area contributed by atoms with Crippen LogP contribution < -0.4 is 4.90 Å². The van der Waals surface area contributed by atoms with Crippen LogP contribution in [0.15, 0.2) is 140 Å². The number of rotatable bonds is 5. The first-order chi connectivity index (χ1) is 27.0. The summed E-state index contributed by atoms with van der Waals surface area (Å²) in [5, 5.41) is 8.11. The van der Waals surface area contributed by atoms with Crippen molar-refractivity contribution in [2.45, 2.75) is 60.8 Å². The predicted octanol–water partition coefficient (Wildman–Crippen LogP) is 15.5. The van der Waals surface area contributed by atoms with E-state index in [1.54, 1.807) is 0 Å². The summed E-state index contributed by atoms with van der Waals surface area (Å²) in [6.45, 7) is 18.4. The van der Waals surface area contributed by atoms with E-state index in [2.05, 4.69) is 200 Å². The molecule has 1 nitrogen and oxygen atoms in total. The summed E-state index contributed by atoms with van der Waals surface area (Å²) in [4.78, 5) is 2.39. The predicted molar refractivity (Wildman–Crippen MR) is 242 cm³/mol. The van der Waals surface area contributed by atoms with E-state index in [4.69, 9.17) is 0 Å². The molecule has 0 spiro atoms. The summed E-state index contributed by atoms with van der Waals surface area (Å²) >= 11 is 0. The number of anilines is 3. The highest BCUT2D eigenvalue weighted by Crippen LogP contribution is 2.56. The molecule has 0 unspecified atom stereocenters. The highest BCUT2D eigenvalue weighted by atomic mass is 15.1. The lowest BCUT2D eigenvalue weighted by Gasteiger charge is -2.38. The molecular formula is C55H47N. The summed E-state index contributed by atoms with van der Waals surface area (Å²) < 4.78 is 0. The van der Waals surface area contributed by atoms with Crippen molar-refractivity contribution >= 4 is 49.4 Å². The Hall–Kier alpha value is -6.18. The van der Waals surface area contributed by atoms with E-state index in [1.807, 2.05) is 0 Å². The van der Waals surface area contributed by atoms with Gasteiger partial charge in [-0.15, -0.1) is 0 Å². The van der Waals surface area contributed by atoms with Gasteiger partial charge in [0.05, 0.1) is 0 Å². The second-order valence-corrected chi connectivity index (χ2v) is 17.0. The van der Waals surface area contributed by atoms with Crippen LogP contribution in [0.2, 0.25) is 0 Å². The third-order valence-electron chi connectivity index (χ3n) is 12.7. The van der Waals surface area contributed by atoms with E-state index in [9.17, 15) is 0 Å². The maximum Gasteiger partial charge on any atom is 0.0465 e. The smallest absolute Gasteiger partial charge is 0.0465 e. The lowest BCUT2D eigenvalue weighted by molar-refractivity contribution is 0.646. The number of hydrogen-bond donors (Lipinski definition) is 0.